The molecule has 2 rings (SSSR count). The fraction of sp³-hybridized carbons (Fsp3) is 0.300. The van der Waals surface area contributed by atoms with Gasteiger partial charge >= 0.3 is 0 Å². The molecule has 4 nitrogen and oxygen atoms in total. The van der Waals surface area contributed by atoms with Crippen LogP contribution in [-0.4, -0.2) is 17.1 Å². The Morgan fingerprint density at radius 1 is 1.00 bits per heavy atom. The third kappa shape index (κ3) is 5.51. The van der Waals surface area contributed by atoms with E-state index in [2.05, 4.69) is 10.6 Å². The number of anilines is 2. The maximum atomic E-state index is 12.6. The fourth-order valence-corrected chi connectivity index (χ4v) is 3.29. The van der Waals surface area contributed by atoms with Gasteiger partial charge < -0.3 is 10.6 Å². The van der Waals surface area contributed by atoms with E-state index < -0.39 is 0 Å². The fourth-order valence-electron chi connectivity index (χ4n) is 2.14. The van der Waals surface area contributed by atoms with Gasteiger partial charge in [-0.2, -0.15) is 0 Å². The summed E-state index contributed by atoms with van der Waals surface area (Å²) in [6.45, 7) is 7.41. The zero-order valence-corrected chi connectivity index (χ0v) is 16.9. The smallest absolute Gasteiger partial charge is 0.237 e. The van der Waals surface area contributed by atoms with Crippen LogP contribution >= 0.6 is 23.4 Å². The number of carbonyl (C=O) groups excluding carboxylic acids is 2. The van der Waals surface area contributed by atoms with E-state index in [-0.39, 0.29) is 23.0 Å². The Labute approximate surface area is 163 Å². The maximum absolute atomic E-state index is 12.6. The molecule has 2 N–H and O–H groups in total. The Morgan fingerprint density at radius 3 is 2.35 bits per heavy atom. The second kappa shape index (κ2) is 9.10. The Hall–Kier alpha value is -1.98. The van der Waals surface area contributed by atoms with Gasteiger partial charge in [-0.3, -0.25) is 9.59 Å². The van der Waals surface area contributed by atoms with Crippen LogP contribution in [0.25, 0.3) is 0 Å². The van der Waals surface area contributed by atoms with E-state index in [1.807, 2.05) is 58.0 Å². The highest BCUT2D eigenvalue weighted by atomic mass is 35.5. The summed E-state index contributed by atoms with van der Waals surface area (Å²) in [7, 11) is 0. The van der Waals surface area contributed by atoms with Gasteiger partial charge in [-0.1, -0.05) is 43.6 Å². The summed E-state index contributed by atoms with van der Waals surface area (Å²) in [5, 5.41) is 6.10. The highest BCUT2D eigenvalue weighted by Gasteiger charge is 2.17. The molecule has 138 valence electrons. The second-order valence-electron chi connectivity index (χ2n) is 6.35. The predicted molar refractivity (Wildman–Crippen MR) is 110 cm³/mol. The molecule has 0 aliphatic heterocycles. The van der Waals surface area contributed by atoms with Gasteiger partial charge in [-0.25, -0.2) is 0 Å². The largest absolute Gasteiger partial charge is 0.326 e. The van der Waals surface area contributed by atoms with Gasteiger partial charge in [0.2, 0.25) is 11.8 Å². The number of hydrogen-bond acceptors (Lipinski definition) is 3. The number of hydrogen-bond donors (Lipinski definition) is 2. The van der Waals surface area contributed by atoms with Crippen LogP contribution in [0.3, 0.4) is 0 Å². The molecule has 0 aliphatic rings. The molecule has 2 aromatic carbocycles. The first-order chi connectivity index (χ1) is 12.3. The summed E-state index contributed by atoms with van der Waals surface area (Å²) < 4.78 is 0. The van der Waals surface area contributed by atoms with Crippen molar-refractivity contribution < 1.29 is 9.59 Å². The molecule has 0 fully saturated rings. The molecule has 0 saturated heterocycles. The molecule has 0 aromatic heterocycles. The van der Waals surface area contributed by atoms with Crippen LogP contribution in [0.4, 0.5) is 11.4 Å². The number of halogens is 1. The van der Waals surface area contributed by atoms with Crippen LogP contribution in [-0.2, 0) is 9.59 Å². The van der Waals surface area contributed by atoms with Crippen molar-refractivity contribution in [3.8, 4) is 0 Å². The van der Waals surface area contributed by atoms with Gasteiger partial charge in [0.25, 0.3) is 0 Å². The minimum atomic E-state index is -0.316. The lowest BCUT2D eigenvalue weighted by Crippen LogP contribution is -2.23. The van der Waals surface area contributed by atoms with Gasteiger partial charge in [0.1, 0.15) is 0 Å². The highest BCUT2D eigenvalue weighted by Crippen LogP contribution is 2.31. The van der Waals surface area contributed by atoms with Gasteiger partial charge in [0.15, 0.2) is 0 Å². The maximum Gasteiger partial charge on any atom is 0.237 e. The third-order valence-electron chi connectivity index (χ3n) is 3.80. The van der Waals surface area contributed by atoms with E-state index in [1.165, 1.54) is 11.8 Å². The summed E-state index contributed by atoms with van der Waals surface area (Å²) in [6, 6.07) is 12.9. The van der Waals surface area contributed by atoms with E-state index in [1.54, 1.807) is 12.1 Å². The predicted octanol–water partition coefficient (Wildman–Crippen LogP) is 5.36. The number of thioether (sulfide) groups is 1. The molecule has 0 bridgehead atoms. The van der Waals surface area contributed by atoms with Crippen LogP contribution in [0.1, 0.15) is 26.3 Å². The minimum Gasteiger partial charge on any atom is -0.326 e. The number of benzene rings is 2. The lowest BCUT2D eigenvalue weighted by Gasteiger charge is -2.16. The van der Waals surface area contributed by atoms with Crippen LogP contribution in [0.15, 0.2) is 47.4 Å². The Kier molecular flexibility index (Phi) is 7.12. The Morgan fingerprint density at radius 2 is 1.69 bits per heavy atom. The Bertz CT molecular complexity index is 808. The van der Waals surface area contributed by atoms with Crippen molar-refractivity contribution >= 4 is 46.6 Å². The summed E-state index contributed by atoms with van der Waals surface area (Å²) in [6.07, 6.45) is 0. The van der Waals surface area contributed by atoms with Gasteiger partial charge in [-0.15, -0.1) is 11.8 Å². The molecule has 26 heavy (non-hydrogen) atoms. The van der Waals surface area contributed by atoms with Gasteiger partial charge in [0.05, 0.1) is 10.3 Å². The molecule has 0 radical (unpaired) electrons. The quantitative estimate of drug-likeness (QED) is 0.652. The topological polar surface area (TPSA) is 58.2 Å². The highest BCUT2D eigenvalue weighted by molar-refractivity contribution is 8.00. The molecule has 1 atom stereocenters. The van der Waals surface area contributed by atoms with Crippen molar-refractivity contribution in [2.75, 3.05) is 10.6 Å². The Balaban J connectivity index is 2.08. The van der Waals surface area contributed by atoms with E-state index in [9.17, 15) is 9.59 Å². The molecule has 0 heterocycles. The number of carbonyl (C=O) groups is 2. The van der Waals surface area contributed by atoms with Crippen LogP contribution in [0.5, 0.6) is 0 Å². The first kappa shape index (κ1) is 20.3. The standard InChI is InChI=1S/C20H23ClN2O2S/c1-12(2)19(24)22-15-10-9-13(3)17(11-15)23-20(25)14(4)26-18-8-6-5-7-16(18)21/h5-12,14H,1-4H3,(H,22,24)(H,23,25). The molecule has 0 saturated carbocycles. The van der Waals surface area contributed by atoms with Crippen molar-refractivity contribution in [3.05, 3.63) is 53.1 Å². The molecule has 2 aromatic rings. The number of nitrogens with one attached hydrogen (secondary N) is 2. The van der Waals surface area contributed by atoms with Crippen molar-refractivity contribution in [2.45, 2.75) is 37.8 Å². The van der Waals surface area contributed by atoms with Crippen molar-refractivity contribution in [2.24, 2.45) is 5.92 Å². The zero-order valence-electron chi connectivity index (χ0n) is 15.3. The van der Waals surface area contributed by atoms with E-state index in [0.717, 1.165) is 10.5 Å². The molecule has 2 amide bonds. The van der Waals surface area contributed by atoms with E-state index in [0.29, 0.717) is 16.4 Å². The van der Waals surface area contributed by atoms with Crippen LogP contribution in [0, 0.1) is 12.8 Å². The summed E-state index contributed by atoms with van der Waals surface area (Å²) >= 11 is 7.57. The molecule has 1 unspecified atom stereocenters. The third-order valence-corrected chi connectivity index (χ3v) is 5.42. The molecular weight excluding hydrogens is 368 g/mol. The molecular formula is C20H23ClN2O2S. The summed E-state index contributed by atoms with van der Waals surface area (Å²) in [5.41, 5.74) is 2.27. The van der Waals surface area contributed by atoms with Gasteiger partial charge in [-0.05, 0) is 43.7 Å². The van der Waals surface area contributed by atoms with E-state index in [4.69, 9.17) is 11.6 Å². The zero-order chi connectivity index (χ0) is 19.3. The lowest BCUT2D eigenvalue weighted by atomic mass is 10.1. The first-order valence-corrected chi connectivity index (χ1v) is 9.67. The minimum absolute atomic E-state index is 0.0613. The SMILES string of the molecule is Cc1ccc(NC(=O)C(C)C)cc1NC(=O)C(C)Sc1ccccc1Cl. The molecule has 0 aliphatic carbocycles. The lowest BCUT2D eigenvalue weighted by molar-refractivity contribution is -0.119. The first-order valence-electron chi connectivity index (χ1n) is 8.41. The van der Waals surface area contributed by atoms with Crippen LogP contribution in [0.2, 0.25) is 5.02 Å². The van der Waals surface area contributed by atoms with Crippen molar-refractivity contribution in [1.82, 2.24) is 0 Å². The number of rotatable bonds is 6. The van der Waals surface area contributed by atoms with Gasteiger partial charge in [0, 0.05) is 22.2 Å². The monoisotopic (exact) mass is 390 g/mol. The number of aryl methyl sites for hydroxylation is 1. The van der Waals surface area contributed by atoms with Crippen LogP contribution < -0.4 is 10.6 Å². The average Bonchev–Trinajstić information content (AvgIpc) is 2.59. The van der Waals surface area contributed by atoms with Crippen molar-refractivity contribution in [3.63, 3.8) is 0 Å². The van der Waals surface area contributed by atoms with E-state index >= 15 is 0 Å². The molecule has 6 heteroatoms. The summed E-state index contributed by atoms with van der Waals surface area (Å²) in [4.78, 5) is 25.3. The second-order valence-corrected chi connectivity index (χ2v) is 8.14. The molecule has 0 spiro atoms. The summed E-state index contributed by atoms with van der Waals surface area (Å²) in [5.74, 6) is -0.291. The average molecular weight is 391 g/mol. The normalized spacial score (nSPS) is 11.9. The number of amides is 2. The van der Waals surface area contributed by atoms with Crippen molar-refractivity contribution in [1.29, 1.82) is 0 Å².